The largest absolute Gasteiger partial charge is 0.508 e. The highest BCUT2D eigenvalue weighted by Gasteiger charge is 2.55. The van der Waals surface area contributed by atoms with E-state index < -0.39 is 358 Å². The van der Waals surface area contributed by atoms with Crippen molar-refractivity contribution < 1.29 is 192 Å². The molecule has 33 atom stereocenters. The molecule has 11 heterocycles. The van der Waals surface area contributed by atoms with Crippen LogP contribution < -0.4 is 71.8 Å². The fraction of sp³-hybridized carbons (Fsp3) is 0.456. The average Bonchev–Trinajstić information content (AvgIpc) is 0.770. The number of fused-ring (bicyclic) bond motifs is 13. The van der Waals surface area contributed by atoms with Gasteiger partial charge in [0.15, 0.2) is 41.6 Å². The van der Waals surface area contributed by atoms with E-state index in [2.05, 4.69) is 31.9 Å². The van der Waals surface area contributed by atoms with Crippen LogP contribution >= 0.6 is 11.6 Å². The molecule has 0 aliphatic carbocycles. The number of methoxy groups -OCH3 is 1. The average molecular weight is 1950 g/mol. The van der Waals surface area contributed by atoms with E-state index in [1.165, 1.54) is 88.4 Å². The number of esters is 1. The van der Waals surface area contributed by atoms with Crippen molar-refractivity contribution in [1.29, 1.82) is 0 Å². The summed E-state index contributed by atoms with van der Waals surface area (Å²) in [6.45, 7) is 3.38. The Morgan fingerprint density at radius 1 is 0.471 bits per heavy atom. The number of hydrogen-bond donors (Lipinski definition) is 26. The minimum Gasteiger partial charge on any atom is -0.508 e. The number of aliphatic hydroxyl groups is 15. The number of rotatable bonds is 13. The first kappa shape index (κ1) is 99.4. The second-order valence-electron chi connectivity index (χ2n) is 34.9. The van der Waals surface area contributed by atoms with Gasteiger partial charge in [-0.15, -0.1) is 0 Å². The number of ether oxygens (including phenoxy) is 14. The van der Waals surface area contributed by atoms with Gasteiger partial charge in [-0.25, -0.2) is 4.79 Å². The summed E-state index contributed by atoms with van der Waals surface area (Å²) in [5.74, 6) is -18.0. The van der Waals surface area contributed by atoms with E-state index >= 15 is 24.0 Å². The molecular weight excluding hydrogens is 1850 g/mol. The van der Waals surface area contributed by atoms with Crippen LogP contribution in [0.1, 0.15) is 115 Å². The highest BCUT2D eigenvalue weighted by atomic mass is 35.5. The molecule has 742 valence electrons. The summed E-state index contributed by atoms with van der Waals surface area (Å²) < 4.78 is 87.0. The van der Waals surface area contributed by atoms with Crippen molar-refractivity contribution in [3.63, 3.8) is 0 Å². The van der Waals surface area contributed by atoms with E-state index in [9.17, 15) is 102 Å². The molecule has 15 bridgehead atoms. The van der Waals surface area contributed by atoms with E-state index in [1.54, 1.807) is 0 Å². The Kier molecular flexibility index (Phi) is 28.8. The molecule has 0 aromatic heterocycles. The molecule has 7 aromatic rings. The lowest BCUT2D eigenvalue weighted by Gasteiger charge is -2.45. The number of hydrogen-bond acceptors (Lipinski definition) is 41. The normalized spacial score (nSPS) is 35.5. The number of aliphatic hydroxyl groups excluding tert-OH is 15. The molecule has 0 saturated carbocycles. The van der Waals surface area contributed by atoms with E-state index in [0.29, 0.717) is 0 Å². The summed E-state index contributed by atoms with van der Waals surface area (Å²) in [6, 6.07) is 5.42. The van der Waals surface area contributed by atoms with Gasteiger partial charge in [0, 0.05) is 51.9 Å². The molecule has 28 N–H and O–H groups in total. The number of amides is 6. The predicted molar refractivity (Wildman–Crippen MR) is 460 cm³/mol. The molecule has 6 amide bonds. The van der Waals surface area contributed by atoms with Gasteiger partial charge in [0.2, 0.25) is 60.1 Å². The minimum absolute atomic E-state index is 0.120. The third kappa shape index (κ3) is 19.4. The molecule has 5 saturated heterocycles. The van der Waals surface area contributed by atoms with E-state index in [0.717, 1.165) is 67.8 Å². The van der Waals surface area contributed by atoms with Gasteiger partial charge in [-0.1, -0.05) is 54.1 Å². The first-order valence-electron chi connectivity index (χ1n) is 43.4. The molecule has 48 heteroatoms. The molecule has 11 aliphatic rings. The maximum absolute atomic E-state index is 17.3. The number of nitrogens with two attached hydrogens (primary N) is 2. The topological polar surface area (TPSA) is 737 Å². The zero-order valence-corrected chi connectivity index (χ0v) is 74.1. The van der Waals surface area contributed by atoms with Gasteiger partial charge in [0.1, 0.15) is 174 Å². The lowest BCUT2D eigenvalue weighted by Crippen LogP contribution is -2.64. The zero-order valence-electron chi connectivity index (χ0n) is 73.3. The van der Waals surface area contributed by atoms with Crippen LogP contribution in [0.25, 0.3) is 11.1 Å². The fourth-order valence-electron chi connectivity index (χ4n) is 17.7. The highest BCUT2D eigenvalue weighted by Crippen LogP contribution is 2.52. The van der Waals surface area contributed by atoms with Gasteiger partial charge in [0.05, 0.1) is 49.8 Å². The number of nitrogens with one attached hydrogen (secondary N) is 6. The van der Waals surface area contributed by atoms with Crippen LogP contribution in [0, 0.1) is 0 Å². The molecule has 1 unspecified atom stereocenters. The number of para-hydroxylation sites is 1. The van der Waals surface area contributed by atoms with E-state index in [-0.39, 0.29) is 28.2 Å². The Morgan fingerprint density at radius 2 is 1.01 bits per heavy atom. The number of carbonyl (C=O) groups excluding carboxylic acids is 7. The Morgan fingerprint density at radius 3 is 1.63 bits per heavy atom. The van der Waals surface area contributed by atoms with Gasteiger partial charge >= 0.3 is 5.97 Å². The van der Waals surface area contributed by atoms with Gasteiger partial charge in [-0.2, -0.15) is 0 Å². The highest BCUT2D eigenvalue weighted by molar-refractivity contribution is 6.33. The Balaban J connectivity index is 0.958. The smallest absolute Gasteiger partial charge is 0.333 e. The van der Waals surface area contributed by atoms with Gasteiger partial charge in [-0.3, -0.25) is 28.8 Å². The van der Waals surface area contributed by atoms with Crippen LogP contribution in [0.3, 0.4) is 0 Å². The summed E-state index contributed by atoms with van der Waals surface area (Å²) in [5.41, 5.74) is 7.72. The van der Waals surface area contributed by atoms with Gasteiger partial charge in [0.25, 0.3) is 0 Å². The number of halogens is 1. The Bertz CT molecular complexity index is 5750. The van der Waals surface area contributed by atoms with Crippen molar-refractivity contribution >= 4 is 53.0 Å². The lowest BCUT2D eigenvalue weighted by molar-refractivity contribution is -0.349. The maximum Gasteiger partial charge on any atom is 0.333 e. The second-order valence-corrected chi connectivity index (χ2v) is 35.3. The molecule has 138 heavy (non-hydrogen) atoms. The molecule has 5 fully saturated rings. The van der Waals surface area contributed by atoms with Crippen LogP contribution in [-0.4, -0.2) is 313 Å². The van der Waals surface area contributed by atoms with Crippen molar-refractivity contribution in [2.75, 3.05) is 20.3 Å². The summed E-state index contributed by atoms with van der Waals surface area (Å²) in [7, 11) is 0.889. The summed E-state index contributed by atoms with van der Waals surface area (Å²) >= 11 is 7.48. The quantitative estimate of drug-likeness (QED) is 0.0497. The number of phenolic OH excluding ortho intramolecular Hbond substituents is 3. The zero-order chi connectivity index (χ0) is 99.1. The maximum atomic E-state index is 17.3. The Labute approximate surface area is 786 Å². The number of carbonyl (C=O) groups is 7. The third-order valence-electron chi connectivity index (χ3n) is 25.4. The van der Waals surface area contributed by atoms with Gasteiger partial charge in [-0.05, 0) is 117 Å². The minimum atomic E-state index is -2.61. The summed E-state index contributed by atoms with van der Waals surface area (Å²) in [4.78, 5) is 113. The van der Waals surface area contributed by atoms with Crippen molar-refractivity contribution in [2.45, 2.75) is 235 Å². The molecule has 0 spiro atoms. The summed E-state index contributed by atoms with van der Waals surface area (Å²) in [6.07, 6.45) is -47.7. The first-order valence-corrected chi connectivity index (χ1v) is 43.8. The van der Waals surface area contributed by atoms with Crippen LogP contribution in [-0.2, 0) is 71.5 Å². The SMILES string of the molecule is COC(=O)[C@H]1NC(=O)[C@H]2NC(=O)[C@H](NC(=O)[C@@H]3NC(=O)C4NC(=O)[C@H](NC(=O)[C@H](N)c5cccc(O)c5Oc5cc(O[C@@H]6O[C@H](C)[C@H](O)[C@H](O)[C@@H]6O)c(Cl)c4c5)[C@H](O)c4ccc(cc4)Oc4cc3cc(c4O[C@@H]3O[C@H](CO)[C@@H](O)[C@@H](O[C@@H]4O[C@@H](C)[C@@H](O)[C@@H](O)[C@H]4O)[C@H]3O)Oc3ccc(cc3)[C@H]2O[C@H]2C[C@](C)(N)[C@H](O)[C@H](C)O2)c2ccc(O[C@H]3O[C@@H](CO)[C@H](O)[C@@H](O)[C@@H]3O)c(c2)-c2c(O)cc(O)cc21. The molecule has 18 rings (SSSR count). The monoisotopic (exact) mass is 1950 g/mol. The molecular formula is C90H101ClN8O39. The number of benzene rings is 7. The molecule has 11 aliphatic heterocycles. The predicted octanol–water partition coefficient (Wildman–Crippen LogP) is -3.55. The lowest BCUT2D eigenvalue weighted by atomic mass is 9.86. The fourth-order valence-corrected chi connectivity index (χ4v) is 17.9. The van der Waals surface area contributed by atoms with Crippen molar-refractivity contribution in [2.24, 2.45) is 11.5 Å². The Hall–Kier alpha value is -11.6. The molecule has 47 nitrogen and oxygen atoms in total. The molecule has 0 radical (unpaired) electrons. The third-order valence-corrected chi connectivity index (χ3v) is 25.8. The van der Waals surface area contributed by atoms with Crippen LogP contribution in [0.2, 0.25) is 5.02 Å². The summed E-state index contributed by atoms with van der Waals surface area (Å²) in [5, 5.41) is 221. The first-order chi connectivity index (χ1) is 65.5. The van der Waals surface area contributed by atoms with Crippen LogP contribution in [0.15, 0.2) is 121 Å². The number of aromatic hydroxyl groups is 3. The van der Waals surface area contributed by atoms with Crippen LogP contribution in [0.4, 0.5) is 0 Å². The van der Waals surface area contributed by atoms with Gasteiger partial charge < -0.3 is 202 Å². The standard InChI is InChI=1S/C90H101ClN8O39/c1-29-62(105)67(110)70(113)86(127-29)133-47-25-39-24-43(54(47)91)58-82(121)95-57-35-20-48(129-37-14-9-32(10-15-37)64(107)60(83(122)96-58)98-79(118)55(92)40-7-6-8-44(103)75(40)131-39)76(137-89-73(116)77(66(109)51(28-101)135-89)138-87-71(114)68(111)63(106)30(2)128-87)49(21-35)130-38-16-11-33(12-17-38)74(136-52-26-90(4,93)78(117)31(3)126-52)61-84(123)97-59(85(124)125-5)42-22-36(102)23-45(104)53(42)41-19-34(56(80(119)99-61)94-81(57)120)13-18-46(41)132-88-72(115)69(112)65(108)50(27-100)134-88/h6-25,29-31,50-52,55-74,77-78,86-89,100-117H,26-28,92-93H2,1-5H3,(H,94,120)(H,95,121)(H,96,122)(H,97,123)(H,98,118)(H,99,119)/t29-,30+,31+,50+,51-,52+,55-,56-,57-,58?,59+,60-,61+,62+,63-,64-,65+,66-,67+,68-,69-,70+,71-,72+,73-,74-,77-,78-,86+,87+,88+,89+,90+/m1/s1. The van der Waals surface area contributed by atoms with Crippen molar-refractivity contribution in [3.8, 4) is 80.1 Å². The molecule has 7 aromatic carbocycles. The van der Waals surface area contributed by atoms with Crippen molar-refractivity contribution in [1.82, 2.24) is 31.9 Å². The second kappa shape index (κ2) is 39.9. The number of phenols is 3. The van der Waals surface area contributed by atoms with Crippen molar-refractivity contribution in [3.05, 3.63) is 165 Å². The van der Waals surface area contributed by atoms with E-state index in [1.807, 2.05) is 0 Å². The van der Waals surface area contributed by atoms with E-state index in [4.69, 9.17) is 89.4 Å². The van der Waals surface area contributed by atoms with Crippen LogP contribution in [0.5, 0.6) is 69.0 Å².